The topological polar surface area (TPSA) is 51.2 Å². The van der Waals surface area contributed by atoms with Crippen molar-refractivity contribution in [2.75, 3.05) is 38.8 Å². The highest BCUT2D eigenvalue weighted by Crippen LogP contribution is 2.49. The van der Waals surface area contributed by atoms with Crippen molar-refractivity contribution in [3.05, 3.63) is 53.6 Å². The van der Waals surface area contributed by atoms with Gasteiger partial charge in [0.2, 0.25) is 0 Å². The third-order valence-electron chi connectivity index (χ3n) is 7.95. The van der Waals surface area contributed by atoms with E-state index in [-0.39, 0.29) is 12.0 Å². The number of rotatable bonds is 6. The number of hydrogen-bond donors (Lipinski definition) is 1. The van der Waals surface area contributed by atoms with Crippen molar-refractivity contribution in [2.24, 2.45) is 17.8 Å². The van der Waals surface area contributed by atoms with Crippen LogP contribution in [-0.4, -0.2) is 45.3 Å². The van der Waals surface area contributed by atoms with Gasteiger partial charge >= 0.3 is 0 Å². The SMILES string of the molecule is COC(OC)C1CCN(c2ccc([C@@H]3c4ccc(O)cc4OC[C@@H]3C3CCC3)cc2)CC1. The van der Waals surface area contributed by atoms with Gasteiger partial charge in [0, 0.05) is 62.4 Å². The van der Waals surface area contributed by atoms with E-state index in [2.05, 4.69) is 35.2 Å². The summed E-state index contributed by atoms with van der Waals surface area (Å²) in [5.41, 5.74) is 3.86. The van der Waals surface area contributed by atoms with Gasteiger partial charge in [0.15, 0.2) is 6.29 Å². The molecule has 2 atom stereocenters. The lowest BCUT2D eigenvalue weighted by atomic mass is 9.66. The summed E-state index contributed by atoms with van der Waals surface area (Å²) in [7, 11) is 3.46. The first-order chi connectivity index (χ1) is 15.7. The minimum Gasteiger partial charge on any atom is -0.508 e. The van der Waals surface area contributed by atoms with Gasteiger partial charge in [-0.25, -0.2) is 0 Å². The number of fused-ring (bicyclic) bond motifs is 1. The molecule has 172 valence electrons. The smallest absolute Gasteiger partial charge is 0.159 e. The van der Waals surface area contributed by atoms with Gasteiger partial charge in [-0.15, -0.1) is 0 Å². The Hall–Kier alpha value is -2.24. The van der Waals surface area contributed by atoms with Gasteiger partial charge in [0.1, 0.15) is 11.5 Å². The predicted octanol–water partition coefficient (Wildman–Crippen LogP) is 5.17. The van der Waals surface area contributed by atoms with Crippen LogP contribution < -0.4 is 9.64 Å². The molecule has 0 amide bonds. The first-order valence-corrected chi connectivity index (χ1v) is 12.0. The number of phenolic OH excluding ortho intramolecular Hbond substituents is 1. The molecule has 2 fully saturated rings. The Balaban J connectivity index is 1.35. The first-order valence-electron chi connectivity index (χ1n) is 12.0. The maximum atomic E-state index is 9.94. The number of aromatic hydroxyl groups is 1. The predicted molar refractivity (Wildman–Crippen MR) is 125 cm³/mol. The molecule has 1 aliphatic carbocycles. The molecule has 1 N–H and O–H groups in total. The van der Waals surface area contributed by atoms with Gasteiger partial charge in [0.05, 0.1) is 6.61 Å². The lowest BCUT2D eigenvalue weighted by Gasteiger charge is -2.42. The van der Waals surface area contributed by atoms with Crippen molar-refractivity contribution >= 4 is 5.69 Å². The van der Waals surface area contributed by atoms with Gasteiger partial charge in [-0.1, -0.05) is 37.5 Å². The molecule has 32 heavy (non-hydrogen) atoms. The van der Waals surface area contributed by atoms with Gasteiger partial charge in [-0.3, -0.25) is 0 Å². The molecule has 0 unspecified atom stereocenters. The van der Waals surface area contributed by atoms with Crippen LogP contribution in [0, 0.1) is 17.8 Å². The summed E-state index contributed by atoms with van der Waals surface area (Å²) in [5, 5.41) is 9.94. The number of benzene rings is 2. The van der Waals surface area contributed by atoms with E-state index in [0.29, 0.717) is 17.8 Å². The molecule has 1 saturated heterocycles. The Kier molecular flexibility index (Phi) is 6.29. The minimum atomic E-state index is -0.101. The summed E-state index contributed by atoms with van der Waals surface area (Å²) in [4.78, 5) is 2.47. The molecule has 0 spiro atoms. The third-order valence-corrected chi connectivity index (χ3v) is 7.95. The van der Waals surface area contributed by atoms with Crippen LogP contribution in [-0.2, 0) is 9.47 Å². The van der Waals surface area contributed by atoms with Crippen LogP contribution in [0.25, 0.3) is 0 Å². The van der Waals surface area contributed by atoms with Crippen molar-refractivity contribution in [2.45, 2.75) is 44.3 Å². The number of hydrogen-bond acceptors (Lipinski definition) is 5. The molecule has 5 heteroatoms. The molecular weight excluding hydrogens is 402 g/mol. The zero-order valence-corrected chi connectivity index (χ0v) is 19.2. The van der Waals surface area contributed by atoms with Crippen molar-refractivity contribution in [1.82, 2.24) is 0 Å². The number of anilines is 1. The van der Waals surface area contributed by atoms with E-state index in [1.54, 1.807) is 26.4 Å². The maximum absolute atomic E-state index is 9.94. The molecule has 0 aromatic heterocycles. The highest BCUT2D eigenvalue weighted by atomic mass is 16.7. The average Bonchev–Trinajstić information content (AvgIpc) is 2.79. The van der Waals surface area contributed by atoms with Crippen molar-refractivity contribution in [1.29, 1.82) is 0 Å². The normalized spacial score (nSPS) is 24.2. The summed E-state index contributed by atoms with van der Waals surface area (Å²) < 4.78 is 17.1. The van der Waals surface area contributed by atoms with Crippen LogP contribution in [0.4, 0.5) is 5.69 Å². The van der Waals surface area contributed by atoms with Crippen LogP contribution in [0.2, 0.25) is 0 Å². The first kappa shape index (κ1) is 21.6. The van der Waals surface area contributed by atoms with E-state index >= 15 is 0 Å². The molecule has 1 saturated carbocycles. The molecule has 2 aromatic carbocycles. The van der Waals surface area contributed by atoms with Crippen LogP contribution in [0.15, 0.2) is 42.5 Å². The minimum absolute atomic E-state index is 0.101. The number of methoxy groups -OCH3 is 2. The molecule has 2 heterocycles. The summed E-state index contributed by atoms with van der Waals surface area (Å²) in [6, 6.07) is 14.8. The van der Waals surface area contributed by atoms with Crippen LogP contribution in [0.3, 0.4) is 0 Å². The second-order valence-corrected chi connectivity index (χ2v) is 9.62. The van der Waals surface area contributed by atoms with Crippen LogP contribution in [0.5, 0.6) is 11.5 Å². The zero-order valence-electron chi connectivity index (χ0n) is 19.2. The molecular formula is C27H35NO4. The van der Waals surface area contributed by atoms with Gasteiger partial charge in [0.25, 0.3) is 0 Å². The van der Waals surface area contributed by atoms with Gasteiger partial charge in [-0.2, -0.15) is 0 Å². The fraction of sp³-hybridized carbons (Fsp3) is 0.556. The fourth-order valence-electron chi connectivity index (χ4n) is 5.92. The third kappa shape index (κ3) is 4.08. The molecule has 5 nitrogen and oxygen atoms in total. The molecule has 0 radical (unpaired) electrons. The summed E-state index contributed by atoms with van der Waals surface area (Å²) in [5.74, 6) is 3.13. The molecule has 3 aliphatic rings. The van der Waals surface area contributed by atoms with Gasteiger partial charge < -0.3 is 24.2 Å². The van der Waals surface area contributed by atoms with E-state index in [1.165, 1.54) is 36.1 Å². The summed E-state index contributed by atoms with van der Waals surface area (Å²) >= 11 is 0. The Bertz CT molecular complexity index is 898. The van der Waals surface area contributed by atoms with Crippen molar-refractivity contribution in [3.63, 3.8) is 0 Å². The molecule has 0 bridgehead atoms. The Morgan fingerprint density at radius 3 is 2.31 bits per heavy atom. The second kappa shape index (κ2) is 9.32. The van der Waals surface area contributed by atoms with Crippen molar-refractivity contribution < 1.29 is 19.3 Å². The van der Waals surface area contributed by atoms with E-state index in [1.807, 2.05) is 0 Å². The van der Waals surface area contributed by atoms with E-state index in [9.17, 15) is 5.11 Å². The molecule has 5 rings (SSSR count). The molecule has 2 aromatic rings. The zero-order chi connectivity index (χ0) is 22.1. The van der Waals surface area contributed by atoms with Gasteiger partial charge in [-0.05, 0) is 42.5 Å². The van der Waals surface area contributed by atoms with Crippen molar-refractivity contribution in [3.8, 4) is 11.5 Å². The number of piperidine rings is 1. The Morgan fingerprint density at radius 1 is 0.969 bits per heavy atom. The van der Waals surface area contributed by atoms with Crippen LogP contribution >= 0.6 is 0 Å². The lowest BCUT2D eigenvalue weighted by molar-refractivity contribution is -0.141. The summed E-state index contributed by atoms with van der Waals surface area (Å²) in [6.45, 7) is 2.79. The van der Waals surface area contributed by atoms with Crippen LogP contribution in [0.1, 0.15) is 49.1 Å². The quantitative estimate of drug-likeness (QED) is 0.632. The summed E-state index contributed by atoms with van der Waals surface area (Å²) in [6.07, 6.45) is 5.99. The highest BCUT2D eigenvalue weighted by Gasteiger charge is 2.39. The standard InChI is InChI=1S/C27H35NO4/c1-30-27(31-2)20-12-14-28(15-13-20)21-8-6-19(7-9-21)26-23-11-10-22(29)16-25(23)32-17-24(26)18-4-3-5-18/h6-11,16,18,20,24,26-27,29H,3-5,12-15,17H2,1-2H3/t24-,26-/m1/s1. The Labute approximate surface area is 191 Å². The van der Waals surface area contributed by atoms with E-state index in [0.717, 1.165) is 44.2 Å². The molecule has 2 aliphatic heterocycles. The average molecular weight is 438 g/mol. The van der Waals surface area contributed by atoms with E-state index in [4.69, 9.17) is 14.2 Å². The number of phenols is 1. The second-order valence-electron chi connectivity index (χ2n) is 9.62. The van der Waals surface area contributed by atoms with E-state index < -0.39 is 0 Å². The number of nitrogens with zero attached hydrogens (tertiary/aromatic N) is 1. The number of ether oxygens (including phenoxy) is 3. The lowest BCUT2D eigenvalue weighted by Crippen LogP contribution is -2.39. The Morgan fingerprint density at radius 2 is 1.69 bits per heavy atom. The maximum Gasteiger partial charge on any atom is 0.159 e. The highest BCUT2D eigenvalue weighted by molar-refractivity contribution is 5.52. The largest absolute Gasteiger partial charge is 0.508 e. The fourth-order valence-corrected chi connectivity index (χ4v) is 5.92. The monoisotopic (exact) mass is 437 g/mol.